The molecule has 4 fully saturated rings. The Morgan fingerprint density at radius 1 is 0.750 bits per heavy atom. The molecule has 0 radical (unpaired) electrons. The number of ether oxygens (including phenoxy) is 2. The molecule has 4 N–H and O–H groups in total. The summed E-state index contributed by atoms with van der Waals surface area (Å²) in [6, 6.07) is 0. The Morgan fingerprint density at radius 3 is 1.38 bits per heavy atom. The van der Waals surface area contributed by atoms with E-state index in [1.54, 1.807) is 9.80 Å². The fourth-order valence-electron chi connectivity index (χ4n) is 5.60. The van der Waals surface area contributed by atoms with Crippen LogP contribution in [0.2, 0.25) is 0 Å². The van der Waals surface area contributed by atoms with Crippen molar-refractivity contribution in [2.75, 3.05) is 26.2 Å². The Morgan fingerprint density at radius 2 is 1.09 bits per heavy atom. The van der Waals surface area contributed by atoms with Crippen molar-refractivity contribution in [3.63, 3.8) is 0 Å². The molecule has 32 heavy (non-hydrogen) atoms. The van der Waals surface area contributed by atoms with Crippen molar-refractivity contribution < 1.29 is 19.1 Å². The highest BCUT2D eigenvalue weighted by Crippen LogP contribution is 2.41. The van der Waals surface area contributed by atoms with Gasteiger partial charge in [0.25, 0.3) is 0 Å². The van der Waals surface area contributed by atoms with Crippen LogP contribution in [0.25, 0.3) is 0 Å². The van der Waals surface area contributed by atoms with Crippen LogP contribution in [-0.4, -0.2) is 70.4 Å². The Balaban J connectivity index is 0.000000181. The molecule has 0 aromatic heterocycles. The van der Waals surface area contributed by atoms with E-state index in [9.17, 15) is 9.59 Å². The number of fused-ring (bicyclic) bond motifs is 2. The standard InChI is InChI=1S/2C12H22N2O2/c2*1-11(2,3)16-10(15)14-7-9-5-4-6-12(9,13)8-14/h2*9H,4-8,13H2,1-3H3/t2*9-,12-/m10/s1. The first-order chi connectivity index (χ1) is 14.6. The van der Waals surface area contributed by atoms with E-state index >= 15 is 0 Å². The maximum Gasteiger partial charge on any atom is 0.410 e. The molecule has 2 aliphatic heterocycles. The molecule has 184 valence electrons. The third-order valence-electron chi connectivity index (χ3n) is 7.17. The number of rotatable bonds is 0. The Hall–Kier alpha value is -1.54. The molecule has 0 unspecified atom stereocenters. The van der Waals surface area contributed by atoms with Gasteiger partial charge in [-0.25, -0.2) is 9.59 Å². The highest BCUT2D eigenvalue weighted by atomic mass is 16.6. The summed E-state index contributed by atoms with van der Waals surface area (Å²) in [6.07, 6.45) is 6.34. The summed E-state index contributed by atoms with van der Waals surface area (Å²) < 4.78 is 10.7. The predicted molar refractivity (Wildman–Crippen MR) is 124 cm³/mol. The van der Waals surface area contributed by atoms with Gasteiger partial charge in [0, 0.05) is 37.3 Å². The van der Waals surface area contributed by atoms with Gasteiger partial charge in [-0.2, -0.15) is 0 Å². The zero-order valence-corrected chi connectivity index (χ0v) is 20.9. The molecular weight excluding hydrogens is 408 g/mol. The van der Waals surface area contributed by atoms with Gasteiger partial charge in [-0.1, -0.05) is 12.8 Å². The predicted octanol–water partition coefficient (Wildman–Crippen LogP) is 3.47. The van der Waals surface area contributed by atoms with Gasteiger partial charge in [-0.05, 0) is 79.1 Å². The molecule has 0 aromatic rings. The molecule has 2 heterocycles. The van der Waals surface area contributed by atoms with Crippen molar-refractivity contribution in [3.05, 3.63) is 0 Å². The van der Waals surface area contributed by atoms with Gasteiger partial charge in [0.15, 0.2) is 0 Å². The minimum atomic E-state index is -0.420. The highest BCUT2D eigenvalue weighted by molar-refractivity contribution is 5.69. The Labute approximate surface area is 193 Å². The zero-order valence-electron chi connectivity index (χ0n) is 20.9. The molecule has 2 saturated carbocycles. The first-order valence-electron chi connectivity index (χ1n) is 12.1. The molecule has 8 nitrogen and oxygen atoms in total. The zero-order chi connectivity index (χ0) is 23.9. The monoisotopic (exact) mass is 452 g/mol. The number of likely N-dealkylation sites (tertiary alicyclic amines) is 2. The second-order valence-electron chi connectivity index (χ2n) is 12.4. The fraction of sp³-hybridized carbons (Fsp3) is 0.917. The number of nitrogens with zero attached hydrogens (tertiary/aromatic N) is 2. The number of nitrogens with two attached hydrogens (primary N) is 2. The lowest BCUT2D eigenvalue weighted by Crippen LogP contribution is -2.45. The summed E-state index contributed by atoms with van der Waals surface area (Å²) in [5.41, 5.74) is 11.5. The maximum absolute atomic E-state index is 11.9. The minimum absolute atomic E-state index is 0.142. The quantitative estimate of drug-likeness (QED) is 0.582. The van der Waals surface area contributed by atoms with Crippen LogP contribution in [0.4, 0.5) is 9.59 Å². The van der Waals surface area contributed by atoms with Gasteiger partial charge < -0.3 is 30.7 Å². The van der Waals surface area contributed by atoms with Crippen molar-refractivity contribution in [2.24, 2.45) is 23.3 Å². The lowest BCUT2D eigenvalue weighted by molar-refractivity contribution is 0.0267. The largest absolute Gasteiger partial charge is 0.444 e. The Kier molecular flexibility index (Phi) is 6.80. The minimum Gasteiger partial charge on any atom is -0.444 e. The average Bonchev–Trinajstić information content (AvgIpc) is 3.29. The van der Waals surface area contributed by atoms with Crippen LogP contribution in [0.5, 0.6) is 0 Å². The molecule has 2 aliphatic carbocycles. The molecule has 2 amide bonds. The van der Waals surface area contributed by atoms with E-state index in [0.717, 1.165) is 38.8 Å². The van der Waals surface area contributed by atoms with Crippen molar-refractivity contribution in [3.8, 4) is 0 Å². The van der Waals surface area contributed by atoms with Crippen LogP contribution < -0.4 is 11.5 Å². The van der Waals surface area contributed by atoms with E-state index in [4.69, 9.17) is 20.9 Å². The molecular formula is C24H44N4O4. The van der Waals surface area contributed by atoms with Crippen molar-refractivity contribution in [1.29, 1.82) is 0 Å². The van der Waals surface area contributed by atoms with Crippen LogP contribution in [0.1, 0.15) is 80.1 Å². The topological polar surface area (TPSA) is 111 Å². The van der Waals surface area contributed by atoms with Gasteiger partial charge >= 0.3 is 12.2 Å². The highest BCUT2D eigenvalue weighted by Gasteiger charge is 2.49. The lowest BCUT2D eigenvalue weighted by Gasteiger charge is -2.26. The first-order valence-corrected chi connectivity index (χ1v) is 12.1. The summed E-state index contributed by atoms with van der Waals surface area (Å²) in [7, 11) is 0. The number of carbonyl (C=O) groups is 2. The number of hydrogen-bond donors (Lipinski definition) is 2. The molecule has 0 aromatic carbocycles. The second kappa shape index (κ2) is 8.67. The van der Waals surface area contributed by atoms with Crippen molar-refractivity contribution in [1.82, 2.24) is 9.80 Å². The number of carbonyl (C=O) groups excluding carboxylic acids is 2. The van der Waals surface area contributed by atoms with E-state index < -0.39 is 11.2 Å². The Bertz CT molecular complexity index is 656. The SMILES string of the molecule is CC(C)(C)OC(=O)N1C[C@@H]2CCC[C@]2(N)C1.CC(C)(C)OC(=O)N1C[C@H]2CCC[C@@]2(N)C1. The third kappa shape index (κ3) is 5.87. The van der Waals surface area contributed by atoms with E-state index in [0.29, 0.717) is 24.9 Å². The van der Waals surface area contributed by atoms with Crippen molar-refractivity contribution in [2.45, 2.75) is 102 Å². The summed E-state index contributed by atoms with van der Waals surface area (Å²) >= 11 is 0. The molecule has 0 spiro atoms. The van der Waals surface area contributed by atoms with Gasteiger partial charge in [-0.15, -0.1) is 0 Å². The molecule has 4 atom stereocenters. The first kappa shape index (κ1) is 25.1. The average molecular weight is 453 g/mol. The van der Waals surface area contributed by atoms with Crippen LogP contribution in [0.3, 0.4) is 0 Å². The third-order valence-corrected chi connectivity index (χ3v) is 7.17. The normalized spacial score (nSPS) is 34.0. The molecule has 4 aliphatic rings. The fourth-order valence-corrected chi connectivity index (χ4v) is 5.60. The van der Waals surface area contributed by atoms with Gasteiger partial charge in [-0.3, -0.25) is 0 Å². The smallest absolute Gasteiger partial charge is 0.410 e. The van der Waals surface area contributed by atoms with Crippen LogP contribution >= 0.6 is 0 Å². The van der Waals surface area contributed by atoms with E-state index in [1.807, 2.05) is 41.5 Å². The summed E-state index contributed by atoms with van der Waals surface area (Å²) in [5, 5.41) is 0. The van der Waals surface area contributed by atoms with Gasteiger partial charge in [0.2, 0.25) is 0 Å². The number of hydrogen-bond acceptors (Lipinski definition) is 6. The van der Waals surface area contributed by atoms with Crippen LogP contribution in [0, 0.1) is 11.8 Å². The second-order valence-corrected chi connectivity index (χ2v) is 12.4. The molecule has 0 bridgehead atoms. The van der Waals surface area contributed by atoms with E-state index in [1.165, 1.54) is 12.8 Å². The molecule has 8 heteroatoms. The summed E-state index contributed by atoms with van der Waals surface area (Å²) in [4.78, 5) is 27.3. The van der Waals surface area contributed by atoms with Crippen LogP contribution in [-0.2, 0) is 9.47 Å². The maximum atomic E-state index is 11.9. The van der Waals surface area contributed by atoms with E-state index in [-0.39, 0.29) is 23.3 Å². The summed E-state index contributed by atoms with van der Waals surface area (Å²) in [5.74, 6) is 0.944. The van der Waals surface area contributed by atoms with Gasteiger partial charge in [0.1, 0.15) is 11.2 Å². The van der Waals surface area contributed by atoms with E-state index in [2.05, 4.69) is 0 Å². The summed E-state index contributed by atoms with van der Waals surface area (Å²) in [6.45, 7) is 14.2. The number of amides is 2. The molecule has 2 saturated heterocycles. The van der Waals surface area contributed by atoms with Crippen LogP contribution in [0.15, 0.2) is 0 Å². The molecule has 4 rings (SSSR count). The van der Waals surface area contributed by atoms with Gasteiger partial charge in [0.05, 0.1) is 0 Å². The lowest BCUT2D eigenvalue weighted by atomic mass is 9.92. The van der Waals surface area contributed by atoms with Crippen molar-refractivity contribution >= 4 is 12.2 Å².